The van der Waals surface area contributed by atoms with Crippen molar-refractivity contribution < 1.29 is 14.0 Å². The second-order valence-corrected chi connectivity index (χ2v) is 7.68. The number of aromatic nitrogens is 2. The molecule has 4 aromatic rings. The van der Waals surface area contributed by atoms with Gasteiger partial charge in [0, 0.05) is 28.0 Å². The molecule has 0 bridgehead atoms. The lowest BCUT2D eigenvalue weighted by molar-refractivity contribution is 0.218. The predicted molar refractivity (Wildman–Crippen MR) is 114 cm³/mol. The Kier molecular flexibility index (Phi) is 6.13. The molecule has 4 rings (SSSR count). The number of rotatable bonds is 6. The van der Waals surface area contributed by atoms with Crippen LogP contribution in [0.2, 0.25) is 10.0 Å². The zero-order chi connectivity index (χ0) is 21.1. The lowest BCUT2D eigenvalue weighted by Gasteiger charge is -2.13. The fraction of sp³-hybridized carbons (Fsp3) is 0.130. The summed E-state index contributed by atoms with van der Waals surface area (Å²) in [4.78, 5) is 4.06. The molecule has 1 unspecified atom stereocenters. The molecule has 2 aromatic carbocycles. The molecule has 0 radical (unpaired) electrons. The molecule has 0 aliphatic heterocycles. The minimum atomic E-state index is -1.07. The van der Waals surface area contributed by atoms with E-state index in [0.717, 1.165) is 5.56 Å². The van der Waals surface area contributed by atoms with Crippen LogP contribution in [0, 0.1) is 5.82 Å². The molecule has 2 aromatic heterocycles. The van der Waals surface area contributed by atoms with Crippen molar-refractivity contribution in [2.24, 2.45) is 0 Å². The van der Waals surface area contributed by atoms with Gasteiger partial charge in [-0.15, -0.1) is 0 Å². The molecule has 4 nitrogen and oxygen atoms in total. The van der Waals surface area contributed by atoms with Crippen LogP contribution in [0.4, 0.5) is 4.39 Å². The van der Waals surface area contributed by atoms with E-state index in [1.165, 1.54) is 12.1 Å². The normalized spacial score (nSPS) is 12.1. The zero-order valence-electron chi connectivity index (χ0n) is 15.7. The maximum atomic E-state index is 14.6. The van der Waals surface area contributed by atoms with Crippen LogP contribution in [0.1, 0.15) is 28.5 Å². The van der Waals surface area contributed by atoms with Crippen LogP contribution >= 0.6 is 23.2 Å². The third kappa shape index (κ3) is 4.38. The fourth-order valence-corrected chi connectivity index (χ4v) is 3.56. The van der Waals surface area contributed by atoms with Crippen LogP contribution in [0.25, 0.3) is 11.3 Å². The SMILES string of the molecule is OC(c1cccnc1)c1c(CCc2ccc(Cl)cc2)noc1-c1ccc(Cl)cc1F. The van der Waals surface area contributed by atoms with Gasteiger partial charge in [-0.05, 0) is 54.8 Å². The highest BCUT2D eigenvalue weighted by Gasteiger charge is 2.27. The van der Waals surface area contributed by atoms with Gasteiger partial charge in [0.15, 0.2) is 5.76 Å². The van der Waals surface area contributed by atoms with Gasteiger partial charge < -0.3 is 9.63 Å². The summed E-state index contributed by atoms with van der Waals surface area (Å²) in [5.74, 6) is -0.380. The summed E-state index contributed by atoms with van der Waals surface area (Å²) in [5.41, 5.74) is 2.76. The lowest BCUT2D eigenvalue weighted by Crippen LogP contribution is -2.05. The van der Waals surface area contributed by atoms with Crippen molar-refractivity contribution in [2.45, 2.75) is 18.9 Å². The van der Waals surface area contributed by atoms with Crippen molar-refractivity contribution in [3.8, 4) is 11.3 Å². The number of pyridine rings is 1. The third-order valence-corrected chi connectivity index (χ3v) is 5.30. The maximum Gasteiger partial charge on any atom is 0.176 e. The van der Waals surface area contributed by atoms with Crippen molar-refractivity contribution in [3.63, 3.8) is 0 Å². The Morgan fingerprint density at radius 1 is 1.00 bits per heavy atom. The highest BCUT2D eigenvalue weighted by atomic mass is 35.5. The number of aliphatic hydroxyl groups excluding tert-OH is 1. The van der Waals surface area contributed by atoms with Crippen LogP contribution in [0.5, 0.6) is 0 Å². The van der Waals surface area contributed by atoms with E-state index in [-0.39, 0.29) is 16.3 Å². The molecule has 1 N–H and O–H groups in total. The average molecular weight is 443 g/mol. The Morgan fingerprint density at radius 2 is 1.77 bits per heavy atom. The summed E-state index contributed by atoms with van der Waals surface area (Å²) in [6.45, 7) is 0. The minimum Gasteiger partial charge on any atom is -0.383 e. The quantitative estimate of drug-likeness (QED) is 0.394. The van der Waals surface area contributed by atoms with E-state index in [4.69, 9.17) is 27.7 Å². The van der Waals surface area contributed by atoms with Gasteiger partial charge in [0.25, 0.3) is 0 Å². The molecule has 30 heavy (non-hydrogen) atoms. The van der Waals surface area contributed by atoms with Crippen LogP contribution in [-0.2, 0) is 12.8 Å². The number of aryl methyl sites for hydroxylation is 2. The van der Waals surface area contributed by atoms with E-state index >= 15 is 0 Å². The molecule has 0 aliphatic carbocycles. The Bertz CT molecular complexity index is 1150. The molecule has 0 saturated carbocycles. The predicted octanol–water partition coefficient (Wildman–Crippen LogP) is 6.05. The van der Waals surface area contributed by atoms with Crippen molar-refractivity contribution in [1.29, 1.82) is 0 Å². The first-order chi connectivity index (χ1) is 14.5. The number of nitrogens with zero attached hydrogens (tertiary/aromatic N) is 2. The number of benzene rings is 2. The fourth-order valence-electron chi connectivity index (χ4n) is 3.28. The second kappa shape index (κ2) is 8.96. The molecule has 0 spiro atoms. The van der Waals surface area contributed by atoms with Crippen molar-refractivity contribution >= 4 is 23.2 Å². The Labute approximate surface area is 182 Å². The first-order valence-corrected chi connectivity index (χ1v) is 10.0. The van der Waals surface area contributed by atoms with Gasteiger partial charge in [0.2, 0.25) is 0 Å². The highest BCUT2D eigenvalue weighted by Crippen LogP contribution is 2.36. The molecule has 0 aliphatic rings. The first kappa shape index (κ1) is 20.5. The molecule has 0 fully saturated rings. The molecule has 152 valence electrons. The standard InChI is InChI=1S/C23H17Cl2FN2O2/c24-16-6-3-14(4-7-16)5-10-20-21(22(29)15-2-1-11-27-13-15)23(30-28-20)18-9-8-17(25)12-19(18)26/h1-4,6-9,11-13,22,29H,5,10H2. The van der Waals surface area contributed by atoms with E-state index in [1.807, 2.05) is 24.3 Å². The summed E-state index contributed by atoms with van der Waals surface area (Å²) in [6, 6.07) is 15.2. The first-order valence-electron chi connectivity index (χ1n) is 9.29. The van der Waals surface area contributed by atoms with Crippen molar-refractivity contribution in [1.82, 2.24) is 10.1 Å². The van der Waals surface area contributed by atoms with E-state index in [9.17, 15) is 9.50 Å². The smallest absolute Gasteiger partial charge is 0.176 e. The topological polar surface area (TPSA) is 59.2 Å². The summed E-state index contributed by atoms with van der Waals surface area (Å²) < 4.78 is 20.1. The van der Waals surface area contributed by atoms with E-state index in [1.54, 1.807) is 30.6 Å². The molecule has 0 saturated heterocycles. The maximum absolute atomic E-state index is 14.6. The van der Waals surface area contributed by atoms with Gasteiger partial charge in [-0.2, -0.15) is 0 Å². The Morgan fingerprint density at radius 3 is 2.47 bits per heavy atom. The highest BCUT2D eigenvalue weighted by molar-refractivity contribution is 6.30. The van der Waals surface area contributed by atoms with Gasteiger partial charge in [0.05, 0.1) is 16.8 Å². The molecule has 0 amide bonds. The van der Waals surface area contributed by atoms with Crippen LogP contribution in [0.15, 0.2) is 71.5 Å². The van der Waals surface area contributed by atoms with Crippen molar-refractivity contribution in [3.05, 3.63) is 105 Å². The molecular weight excluding hydrogens is 426 g/mol. The number of hydrogen-bond acceptors (Lipinski definition) is 4. The van der Waals surface area contributed by atoms with Gasteiger partial charge in [-0.3, -0.25) is 4.98 Å². The summed E-state index contributed by atoms with van der Waals surface area (Å²) in [7, 11) is 0. The Hall–Kier alpha value is -2.73. The number of hydrogen-bond donors (Lipinski definition) is 1. The van der Waals surface area contributed by atoms with Gasteiger partial charge >= 0.3 is 0 Å². The van der Waals surface area contributed by atoms with E-state index in [0.29, 0.717) is 34.7 Å². The van der Waals surface area contributed by atoms with E-state index < -0.39 is 11.9 Å². The van der Waals surface area contributed by atoms with Crippen LogP contribution in [-0.4, -0.2) is 15.2 Å². The van der Waals surface area contributed by atoms with Gasteiger partial charge in [0.1, 0.15) is 11.9 Å². The van der Waals surface area contributed by atoms with E-state index in [2.05, 4.69) is 10.1 Å². The summed E-state index contributed by atoms with van der Waals surface area (Å²) >= 11 is 11.8. The molecule has 2 heterocycles. The third-order valence-electron chi connectivity index (χ3n) is 4.82. The van der Waals surface area contributed by atoms with Gasteiger partial charge in [-0.1, -0.05) is 46.6 Å². The van der Waals surface area contributed by atoms with Crippen LogP contribution in [0.3, 0.4) is 0 Å². The molecular formula is C23H17Cl2FN2O2. The summed E-state index contributed by atoms with van der Waals surface area (Å²) in [6.07, 6.45) is 3.25. The van der Waals surface area contributed by atoms with Crippen molar-refractivity contribution in [2.75, 3.05) is 0 Å². The minimum absolute atomic E-state index is 0.173. The average Bonchev–Trinajstić information content (AvgIpc) is 3.17. The zero-order valence-corrected chi connectivity index (χ0v) is 17.2. The largest absolute Gasteiger partial charge is 0.383 e. The van der Waals surface area contributed by atoms with Gasteiger partial charge in [-0.25, -0.2) is 4.39 Å². The molecule has 7 heteroatoms. The van der Waals surface area contributed by atoms with Crippen LogP contribution < -0.4 is 0 Å². The summed E-state index contributed by atoms with van der Waals surface area (Å²) in [5, 5.41) is 16.2. The second-order valence-electron chi connectivity index (χ2n) is 6.81. The number of halogens is 3. The molecule has 1 atom stereocenters. The number of aliphatic hydroxyl groups is 1. The Balaban J connectivity index is 1.74. The monoisotopic (exact) mass is 442 g/mol. The lowest BCUT2D eigenvalue weighted by atomic mass is 9.95.